The zero-order valence-corrected chi connectivity index (χ0v) is 35.0. The van der Waals surface area contributed by atoms with Crippen molar-refractivity contribution >= 4 is 0 Å². The fourth-order valence-corrected chi connectivity index (χ4v) is 5.09. The average Bonchev–Trinajstić information content (AvgIpc) is 3.18. The smallest absolute Gasteiger partial charge is 0.0701 e. The predicted molar refractivity (Wildman–Crippen MR) is 214 cm³/mol. The molecule has 0 saturated carbocycles. The minimum atomic E-state index is 0.520. The second-order valence-corrected chi connectivity index (χ2v) is 13.0. The molecule has 0 unspecified atom stereocenters. The zero-order chi connectivity index (χ0) is 38.8. The van der Waals surface area contributed by atoms with E-state index in [1.54, 1.807) is 0 Å². The lowest BCUT2D eigenvalue weighted by Crippen LogP contribution is -2.17. The molecule has 13 nitrogen and oxygen atoms in total. The average molecular weight is 784 g/mol. The third kappa shape index (κ3) is 51.5. The minimum Gasteiger partial charge on any atom is -0.379 e. The van der Waals surface area contributed by atoms with Crippen molar-refractivity contribution in [2.45, 2.75) is 96.8 Å². The van der Waals surface area contributed by atoms with Gasteiger partial charge in [0.1, 0.15) is 0 Å². The molecule has 326 valence electrons. The molecule has 0 radical (unpaired) electrons. The molecule has 0 aromatic heterocycles. The Morgan fingerprint density at radius 1 is 0.222 bits per heavy atom. The van der Waals surface area contributed by atoms with E-state index in [-0.39, 0.29) is 0 Å². The molecule has 0 rings (SSSR count). The van der Waals surface area contributed by atoms with Crippen molar-refractivity contribution in [1.82, 2.24) is 5.32 Å². The molecule has 0 aromatic rings. The van der Waals surface area contributed by atoms with Crippen LogP contribution in [0, 0.1) is 0 Å². The SMILES string of the molecule is CCCCCCCCCCCCCCCCOCCOCCOCCOCCOCCOCCOCCOCCOCCOCCOCCOCCNC. The lowest BCUT2D eigenvalue weighted by molar-refractivity contribution is -0.0283. The number of rotatable bonds is 51. The summed E-state index contributed by atoms with van der Waals surface area (Å²) in [6.45, 7) is 16.7. The maximum Gasteiger partial charge on any atom is 0.0701 e. The molecule has 0 spiro atoms. The number of hydrogen-bond acceptors (Lipinski definition) is 13. The van der Waals surface area contributed by atoms with E-state index < -0.39 is 0 Å². The Bertz CT molecular complexity index is 589. The van der Waals surface area contributed by atoms with E-state index in [1.807, 2.05) is 7.05 Å². The summed E-state index contributed by atoms with van der Waals surface area (Å²) < 4.78 is 66.1. The van der Waals surface area contributed by atoms with Gasteiger partial charge in [-0.25, -0.2) is 0 Å². The molecule has 0 aromatic carbocycles. The van der Waals surface area contributed by atoms with E-state index in [9.17, 15) is 0 Å². The van der Waals surface area contributed by atoms with Gasteiger partial charge in [-0.1, -0.05) is 90.4 Å². The Kier molecular flexibility index (Phi) is 52.0. The summed E-state index contributed by atoms with van der Waals surface area (Å²) in [4.78, 5) is 0. The van der Waals surface area contributed by atoms with Crippen LogP contribution in [0.15, 0.2) is 0 Å². The fraction of sp³-hybridized carbons (Fsp3) is 1.00. The summed E-state index contributed by atoms with van der Waals surface area (Å²) >= 11 is 0. The second kappa shape index (κ2) is 52.5. The molecule has 0 amide bonds. The van der Waals surface area contributed by atoms with Gasteiger partial charge in [0.15, 0.2) is 0 Å². The Hall–Kier alpha value is -0.520. The van der Waals surface area contributed by atoms with E-state index in [2.05, 4.69) is 12.2 Å². The van der Waals surface area contributed by atoms with E-state index in [1.165, 1.54) is 83.5 Å². The van der Waals surface area contributed by atoms with Crippen LogP contribution < -0.4 is 5.32 Å². The van der Waals surface area contributed by atoms with Crippen LogP contribution in [-0.2, 0) is 56.8 Å². The number of unbranched alkanes of at least 4 members (excludes halogenated alkanes) is 13. The Labute approximate surface area is 330 Å². The Morgan fingerprint density at radius 2 is 0.407 bits per heavy atom. The Balaban J connectivity index is 3.05. The highest BCUT2D eigenvalue weighted by Gasteiger charge is 1.98. The number of likely N-dealkylation sites (N-methyl/N-ethyl adjacent to an activating group) is 1. The summed E-state index contributed by atoms with van der Waals surface area (Å²) in [5.74, 6) is 0. The monoisotopic (exact) mass is 784 g/mol. The van der Waals surface area contributed by atoms with Gasteiger partial charge in [0, 0.05) is 13.2 Å². The molecule has 0 aliphatic rings. The second-order valence-electron chi connectivity index (χ2n) is 13.0. The van der Waals surface area contributed by atoms with E-state index in [4.69, 9.17) is 56.8 Å². The highest BCUT2D eigenvalue weighted by molar-refractivity contribution is 4.49. The summed E-state index contributed by atoms with van der Waals surface area (Å²) in [6, 6.07) is 0. The van der Waals surface area contributed by atoms with Gasteiger partial charge in [0.05, 0.1) is 152 Å². The number of hydrogen-bond donors (Lipinski definition) is 1. The lowest BCUT2D eigenvalue weighted by Gasteiger charge is -2.09. The predicted octanol–water partition coefficient (Wildman–Crippen LogP) is 5.89. The van der Waals surface area contributed by atoms with Crippen molar-refractivity contribution < 1.29 is 56.8 Å². The van der Waals surface area contributed by atoms with Crippen LogP contribution in [0.2, 0.25) is 0 Å². The standard InChI is InChI=1S/C41H85NO12/c1-3-4-5-6-7-8-9-10-11-12-13-14-15-16-18-43-20-22-45-24-26-47-28-30-49-32-34-51-36-38-53-40-41-54-39-37-52-35-33-50-31-29-48-27-25-46-23-21-44-19-17-42-2/h42H,3-41H2,1-2H3. The maximum atomic E-state index is 5.69. The number of nitrogens with one attached hydrogen (secondary N) is 1. The number of ether oxygens (including phenoxy) is 12. The van der Waals surface area contributed by atoms with Crippen LogP contribution in [0.5, 0.6) is 0 Å². The van der Waals surface area contributed by atoms with Crippen LogP contribution in [0.3, 0.4) is 0 Å². The van der Waals surface area contributed by atoms with E-state index in [0.717, 1.165) is 19.6 Å². The van der Waals surface area contributed by atoms with Crippen LogP contribution >= 0.6 is 0 Å². The molecule has 0 heterocycles. The van der Waals surface area contributed by atoms with Crippen LogP contribution in [0.1, 0.15) is 96.8 Å². The summed E-state index contributed by atoms with van der Waals surface area (Å²) in [6.07, 6.45) is 19.3. The molecule has 0 saturated heterocycles. The van der Waals surface area contributed by atoms with Crippen LogP contribution in [0.25, 0.3) is 0 Å². The third-order valence-electron chi connectivity index (χ3n) is 8.23. The largest absolute Gasteiger partial charge is 0.379 e. The van der Waals surface area contributed by atoms with Gasteiger partial charge in [0.25, 0.3) is 0 Å². The lowest BCUT2D eigenvalue weighted by atomic mass is 10.0. The highest BCUT2D eigenvalue weighted by atomic mass is 16.6. The zero-order valence-electron chi connectivity index (χ0n) is 35.0. The first-order valence-electron chi connectivity index (χ1n) is 21.5. The highest BCUT2D eigenvalue weighted by Crippen LogP contribution is 2.13. The van der Waals surface area contributed by atoms with Gasteiger partial charge in [0.2, 0.25) is 0 Å². The van der Waals surface area contributed by atoms with Crippen LogP contribution in [-0.4, -0.2) is 172 Å². The molecule has 0 aliphatic carbocycles. The molecular weight excluding hydrogens is 698 g/mol. The van der Waals surface area contributed by atoms with Gasteiger partial charge < -0.3 is 62.2 Å². The molecule has 54 heavy (non-hydrogen) atoms. The molecule has 0 bridgehead atoms. The first-order chi connectivity index (χ1) is 26.9. The van der Waals surface area contributed by atoms with Crippen LogP contribution in [0.4, 0.5) is 0 Å². The van der Waals surface area contributed by atoms with E-state index in [0.29, 0.717) is 152 Å². The first-order valence-corrected chi connectivity index (χ1v) is 21.5. The fourth-order valence-electron chi connectivity index (χ4n) is 5.09. The van der Waals surface area contributed by atoms with Gasteiger partial charge in [-0.3, -0.25) is 0 Å². The van der Waals surface area contributed by atoms with Crippen molar-refractivity contribution in [2.75, 3.05) is 172 Å². The first kappa shape index (κ1) is 53.5. The van der Waals surface area contributed by atoms with Crippen molar-refractivity contribution in [1.29, 1.82) is 0 Å². The summed E-state index contributed by atoms with van der Waals surface area (Å²) in [5, 5.41) is 3.02. The molecule has 0 aliphatic heterocycles. The molecule has 1 N–H and O–H groups in total. The normalized spacial score (nSPS) is 11.7. The van der Waals surface area contributed by atoms with Gasteiger partial charge in [-0.15, -0.1) is 0 Å². The van der Waals surface area contributed by atoms with Gasteiger partial charge in [-0.2, -0.15) is 0 Å². The van der Waals surface area contributed by atoms with Crippen molar-refractivity contribution in [3.05, 3.63) is 0 Å². The minimum absolute atomic E-state index is 0.520. The molecular formula is C41H85NO12. The van der Waals surface area contributed by atoms with Crippen molar-refractivity contribution in [3.8, 4) is 0 Å². The molecule has 0 fully saturated rings. The topological polar surface area (TPSA) is 123 Å². The Morgan fingerprint density at radius 3 is 0.630 bits per heavy atom. The summed E-state index contributed by atoms with van der Waals surface area (Å²) in [7, 11) is 1.90. The summed E-state index contributed by atoms with van der Waals surface area (Å²) in [5.41, 5.74) is 0. The van der Waals surface area contributed by atoms with Gasteiger partial charge >= 0.3 is 0 Å². The molecule has 0 atom stereocenters. The van der Waals surface area contributed by atoms with E-state index >= 15 is 0 Å². The third-order valence-corrected chi connectivity index (χ3v) is 8.23. The van der Waals surface area contributed by atoms with Gasteiger partial charge in [-0.05, 0) is 13.5 Å². The van der Waals surface area contributed by atoms with Crippen molar-refractivity contribution in [2.24, 2.45) is 0 Å². The maximum absolute atomic E-state index is 5.69. The molecule has 13 heteroatoms. The quantitative estimate of drug-likeness (QED) is 0.0740. The van der Waals surface area contributed by atoms with Crippen molar-refractivity contribution in [3.63, 3.8) is 0 Å².